The molecule has 3 rings (SSSR count). The molecule has 2 amide bonds. The SMILES string of the molecule is COc1cccc(CN(C(=O)CCCN(c2ccccc2OC)S(C)(=O)=O)C(Cc2ccccc2)C(=O)NC(C)C)c1. The second kappa shape index (κ2) is 15.3. The van der Waals surface area contributed by atoms with Crippen molar-refractivity contribution in [3.8, 4) is 11.5 Å². The van der Waals surface area contributed by atoms with Crippen LogP contribution in [0.15, 0.2) is 78.9 Å². The normalized spacial score (nSPS) is 12.0. The molecule has 3 aromatic carbocycles. The Kier molecular flexibility index (Phi) is 11.8. The first-order chi connectivity index (χ1) is 20.0. The van der Waals surface area contributed by atoms with Crippen LogP contribution in [0.2, 0.25) is 0 Å². The number of methoxy groups -OCH3 is 2. The molecular formula is C32H41N3O6S. The van der Waals surface area contributed by atoms with Crippen molar-refractivity contribution in [2.24, 2.45) is 0 Å². The fourth-order valence-electron chi connectivity index (χ4n) is 4.72. The summed E-state index contributed by atoms with van der Waals surface area (Å²) in [6, 6.07) is 22.9. The molecule has 0 heterocycles. The molecule has 226 valence electrons. The molecule has 0 aromatic heterocycles. The fourth-order valence-corrected chi connectivity index (χ4v) is 5.69. The third-order valence-electron chi connectivity index (χ3n) is 6.70. The Morgan fingerprint density at radius 2 is 1.55 bits per heavy atom. The molecule has 0 aliphatic heterocycles. The van der Waals surface area contributed by atoms with E-state index in [1.165, 1.54) is 11.4 Å². The first-order valence-electron chi connectivity index (χ1n) is 13.9. The van der Waals surface area contributed by atoms with E-state index in [2.05, 4.69) is 5.32 Å². The Morgan fingerprint density at radius 1 is 0.881 bits per heavy atom. The maximum atomic E-state index is 13.9. The first kappa shape index (κ1) is 32.5. The van der Waals surface area contributed by atoms with E-state index in [1.54, 1.807) is 36.3 Å². The van der Waals surface area contributed by atoms with Gasteiger partial charge in [0.1, 0.15) is 17.5 Å². The Balaban J connectivity index is 1.91. The van der Waals surface area contributed by atoms with Crippen LogP contribution in [0.1, 0.15) is 37.8 Å². The summed E-state index contributed by atoms with van der Waals surface area (Å²) in [7, 11) is -0.603. The quantitative estimate of drug-likeness (QED) is 0.279. The van der Waals surface area contributed by atoms with Crippen molar-refractivity contribution in [3.63, 3.8) is 0 Å². The van der Waals surface area contributed by atoms with E-state index >= 15 is 0 Å². The molecule has 0 saturated heterocycles. The highest BCUT2D eigenvalue weighted by molar-refractivity contribution is 7.92. The van der Waals surface area contributed by atoms with E-state index < -0.39 is 16.1 Å². The third-order valence-corrected chi connectivity index (χ3v) is 7.88. The summed E-state index contributed by atoms with van der Waals surface area (Å²) >= 11 is 0. The highest BCUT2D eigenvalue weighted by atomic mass is 32.2. The van der Waals surface area contributed by atoms with Gasteiger partial charge in [-0.15, -0.1) is 0 Å². The molecule has 42 heavy (non-hydrogen) atoms. The van der Waals surface area contributed by atoms with Gasteiger partial charge in [0.25, 0.3) is 0 Å². The summed E-state index contributed by atoms with van der Waals surface area (Å²) in [5, 5.41) is 2.98. The highest BCUT2D eigenvalue weighted by Crippen LogP contribution is 2.30. The molecule has 0 aliphatic rings. The van der Waals surface area contributed by atoms with Crippen molar-refractivity contribution in [2.45, 2.75) is 51.7 Å². The summed E-state index contributed by atoms with van der Waals surface area (Å²) in [5.74, 6) is 0.553. The number of carbonyl (C=O) groups excluding carboxylic acids is 2. The van der Waals surface area contributed by atoms with Crippen LogP contribution < -0.4 is 19.1 Å². The molecule has 3 aromatic rings. The number of sulfonamides is 1. The van der Waals surface area contributed by atoms with Crippen molar-refractivity contribution >= 4 is 27.5 Å². The summed E-state index contributed by atoms with van der Waals surface area (Å²) in [6.45, 7) is 4.01. The topological polar surface area (TPSA) is 105 Å². The number of para-hydroxylation sites is 2. The predicted molar refractivity (Wildman–Crippen MR) is 165 cm³/mol. The molecule has 9 nitrogen and oxygen atoms in total. The van der Waals surface area contributed by atoms with E-state index in [9.17, 15) is 18.0 Å². The first-order valence-corrected chi connectivity index (χ1v) is 15.8. The van der Waals surface area contributed by atoms with E-state index in [0.717, 1.165) is 17.4 Å². The zero-order valence-electron chi connectivity index (χ0n) is 24.9. The largest absolute Gasteiger partial charge is 0.497 e. The number of benzene rings is 3. The van der Waals surface area contributed by atoms with Crippen LogP contribution in [0.4, 0.5) is 5.69 Å². The zero-order valence-corrected chi connectivity index (χ0v) is 25.8. The second-order valence-corrected chi connectivity index (χ2v) is 12.3. The number of rotatable bonds is 15. The van der Waals surface area contributed by atoms with Gasteiger partial charge in [0.15, 0.2) is 0 Å². The lowest BCUT2D eigenvalue weighted by molar-refractivity contribution is -0.141. The Bertz CT molecular complexity index is 1430. The molecule has 0 saturated carbocycles. The summed E-state index contributed by atoms with van der Waals surface area (Å²) in [5.41, 5.74) is 2.13. The number of carbonyl (C=O) groups is 2. The van der Waals surface area contributed by atoms with Crippen molar-refractivity contribution in [2.75, 3.05) is 31.3 Å². The van der Waals surface area contributed by atoms with E-state index in [-0.39, 0.29) is 43.8 Å². The molecule has 1 N–H and O–H groups in total. The smallest absolute Gasteiger partial charge is 0.243 e. The van der Waals surface area contributed by atoms with Crippen LogP contribution in [0, 0.1) is 0 Å². The molecule has 0 aliphatic carbocycles. The molecule has 10 heteroatoms. The van der Waals surface area contributed by atoms with Crippen LogP contribution in [0.25, 0.3) is 0 Å². The lowest BCUT2D eigenvalue weighted by Crippen LogP contribution is -2.51. The third kappa shape index (κ3) is 9.24. The number of hydrogen-bond acceptors (Lipinski definition) is 6. The van der Waals surface area contributed by atoms with Crippen LogP contribution in [0.5, 0.6) is 11.5 Å². The fraction of sp³-hybridized carbons (Fsp3) is 0.375. The van der Waals surface area contributed by atoms with Gasteiger partial charge >= 0.3 is 0 Å². The second-order valence-electron chi connectivity index (χ2n) is 10.4. The zero-order chi connectivity index (χ0) is 30.7. The average Bonchev–Trinajstić information content (AvgIpc) is 2.96. The van der Waals surface area contributed by atoms with Gasteiger partial charge in [0.2, 0.25) is 21.8 Å². The Labute approximate surface area is 249 Å². The van der Waals surface area contributed by atoms with Gasteiger partial charge in [-0.3, -0.25) is 13.9 Å². The molecular weight excluding hydrogens is 554 g/mol. The van der Waals surface area contributed by atoms with Crippen LogP contribution >= 0.6 is 0 Å². The lowest BCUT2D eigenvalue weighted by atomic mass is 10.0. The summed E-state index contributed by atoms with van der Waals surface area (Å²) in [6.07, 6.45) is 1.72. The van der Waals surface area contributed by atoms with Gasteiger partial charge < -0.3 is 19.7 Å². The number of nitrogens with zero attached hydrogens (tertiary/aromatic N) is 2. The van der Waals surface area contributed by atoms with Crippen molar-refractivity contribution in [1.82, 2.24) is 10.2 Å². The molecule has 0 spiro atoms. The standard InChI is InChI=1S/C32H41N3O6S/c1-24(2)33-32(37)29(22-25-13-7-6-8-14-25)34(23-26-15-11-16-27(21-26)40-3)31(36)19-12-20-35(42(5,38)39)28-17-9-10-18-30(28)41-4/h6-11,13-18,21,24,29H,12,19-20,22-23H2,1-5H3,(H,33,37). The molecule has 0 bridgehead atoms. The molecule has 0 fully saturated rings. The average molecular weight is 596 g/mol. The van der Waals surface area contributed by atoms with Crippen molar-refractivity contribution in [1.29, 1.82) is 0 Å². The van der Waals surface area contributed by atoms with Crippen LogP contribution in [0.3, 0.4) is 0 Å². The monoisotopic (exact) mass is 595 g/mol. The number of ether oxygens (including phenoxy) is 2. The maximum absolute atomic E-state index is 13.9. The maximum Gasteiger partial charge on any atom is 0.243 e. The summed E-state index contributed by atoms with van der Waals surface area (Å²) in [4.78, 5) is 29.1. The van der Waals surface area contributed by atoms with Gasteiger partial charge in [-0.25, -0.2) is 8.42 Å². The van der Waals surface area contributed by atoms with Gasteiger partial charge in [-0.05, 0) is 55.7 Å². The van der Waals surface area contributed by atoms with Gasteiger partial charge in [-0.2, -0.15) is 0 Å². The van der Waals surface area contributed by atoms with Crippen molar-refractivity contribution in [3.05, 3.63) is 90.0 Å². The highest BCUT2D eigenvalue weighted by Gasteiger charge is 2.31. The Morgan fingerprint density at radius 3 is 2.19 bits per heavy atom. The Hall–Kier alpha value is -4.05. The van der Waals surface area contributed by atoms with E-state index in [1.807, 2.05) is 68.4 Å². The number of hydrogen-bond donors (Lipinski definition) is 1. The minimum atomic E-state index is -3.66. The van der Waals surface area contributed by atoms with Crippen molar-refractivity contribution < 1.29 is 27.5 Å². The predicted octanol–water partition coefficient (Wildman–Crippen LogP) is 4.41. The molecule has 1 atom stereocenters. The van der Waals surface area contributed by atoms with E-state index in [4.69, 9.17) is 9.47 Å². The molecule has 0 radical (unpaired) electrons. The van der Waals surface area contributed by atoms with Crippen LogP contribution in [-0.4, -0.2) is 64.2 Å². The van der Waals surface area contributed by atoms with E-state index in [0.29, 0.717) is 23.6 Å². The summed E-state index contributed by atoms with van der Waals surface area (Å²) < 4.78 is 37.5. The van der Waals surface area contributed by atoms with Gasteiger partial charge in [0.05, 0.1) is 26.2 Å². The minimum Gasteiger partial charge on any atom is -0.497 e. The van der Waals surface area contributed by atoms with Gasteiger partial charge in [-0.1, -0.05) is 54.6 Å². The van der Waals surface area contributed by atoms with Gasteiger partial charge in [0, 0.05) is 32.0 Å². The number of anilines is 1. The molecule has 1 unspecified atom stereocenters. The van der Waals surface area contributed by atoms with Crippen LogP contribution in [-0.2, 0) is 32.6 Å². The minimum absolute atomic E-state index is 0.0331. The number of amides is 2. The lowest BCUT2D eigenvalue weighted by Gasteiger charge is -2.32. The number of nitrogens with one attached hydrogen (secondary N) is 1.